The summed E-state index contributed by atoms with van der Waals surface area (Å²) in [7, 11) is 0. The summed E-state index contributed by atoms with van der Waals surface area (Å²) in [6.45, 7) is 6.50. The second-order valence-corrected chi connectivity index (χ2v) is 5.18. The molecular formula is C15H24N2O. The highest BCUT2D eigenvalue weighted by Gasteiger charge is 2.17. The largest absolute Gasteiger partial charge is 0.394 e. The topological polar surface area (TPSA) is 35.5 Å². The number of aliphatic hydroxyl groups excluding tert-OH is 1. The van der Waals surface area contributed by atoms with Crippen LogP contribution in [0.5, 0.6) is 0 Å². The Labute approximate surface area is 110 Å². The summed E-state index contributed by atoms with van der Waals surface area (Å²) < 4.78 is 0. The Hall–Kier alpha value is -0.900. The molecule has 0 amide bonds. The Balaban J connectivity index is 1.94. The van der Waals surface area contributed by atoms with Gasteiger partial charge in [-0.05, 0) is 17.9 Å². The molecule has 1 saturated heterocycles. The highest BCUT2D eigenvalue weighted by atomic mass is 16.3. The van der Waals surface area contributed by atoms with E-state index in [0.29, 0.717) is 5.92 Å². The van der Waals surface area contributed by atoms with Crippen molar-refractivity contribution in [3.05, 3.63) is 36.0 Å². The average Bonchev–Trinajstić information content (AvgIpc) is 2.41. The third-order valence-electron chi connectivity index (χ3n) is 3.61. The molecule has 0 bridgehead atoms. The zero-order valence-corrected chi connectivity index (χ0v) is 11.2. The summed E-state index contributed by atoms with van der Waals surface area (Å²) in [5, 5.41) is 12.8. The van der Waals surface area contributed by atoms with Crippen LogP contribution in [0.4, 0.5) is 0 Å². The number of rotatable bonds is 4. The van der Waals surface area contributed by atoms with Crippen molar-refractivity contribution in [3.8, 4) is 0 Å². The van der Waals surface area contributed by atoms with Crippen LogP contribution in [0, 0.1) is 5.92 Å². The van der Waals surface area contributed by atoms with Crippen LogP contribution in [-0.4, -0.2) is 48.8 Å². The molecule has 1 fully saturated rings. The van der Waals surface area contributed by atoms with Crippen molar-refractivity contribution < 1.29 is 5.11 Å². The van der Waals surface area contributed by atoms with Gasteiger partial charge < -0.3 is 10.4 Å². The highest BCUT2D eigenvalue weighted by molar-refractivity contribution is 5.34. The first-order chi connectivity index (χ1) is 8.79. The Morgan fingerprint density at radius 2 is 2.28 bits per heavy atom. The maximum atomic E-state index is 9.51. The molecule has 2 aliphatic rings. The molecule has 1 aliphatic carbocycles. The molecule has 3 nitrogen and oxygen atoms in total. The summed E-state index contributed by atoms with van der Waals surface area (Å²) in [6, 6.07) is 0.152. The molecule has 3 heteroatoms. The van der Waals surface area contributed by atoms with E-state index in [4.69, 9.17) is 0 Å². The van der Waals surface area contributed by atoms with Gasteiger partial charge in [-0.15, -0.1) is 0 Å². The van der Waals surface area contributed by atoms with Crippen molar-refractivity contribution >= 4 is 0 Å². The van der Waals surface area contributed by atoms with Crippen molar-refractivity contribution in [3.63, 3.8) is 0 Å². The molecule has 0 aromatic heterocycles. The van der Waals surface area contributed by atoms with Crippen molar-refractivity contribution in [1.82, 2.24) is 10.2 Å². The van der Waals surface area contributed by atoms with E-state index in [1.165, 1.54) is 5.57 Å². The summed E-state index contributed by atoms with van der Waals surface area (Å²) >= 11 is 0. The smallest absolute Gasteiger partial charge is 0.0622 e. The van der Waals surface area contributed by atoms with Crippen LogP contribution in [0.2, 0.25) is 0 Å². The van der Waals surface area contributed by atoms with Gasteiger partial charge in [-0.25, -0.2) is 0 Å². The first kappa shape index (κ1) is 13.5. The fourth-order valence-corrected chi connectivity index (χ4v) is 2.52. The molecule has 2 N–H and O–H groups in total. The Bertz CT molecular complexity index is 340. The normalized spacial score (nSPS) is 27.4. The first-order valence-electron chi connectivity index (χ1n) is 6.92. The van der Waals surface area contributed by atoms with Crippen LogP contribution in [0.3, 0.4) is 0 Å². The van der Waals surface area contributed by atoms with Gasteiger partial charge in [0.1, 0.15) is 0 Å². The predicted octanol–water partition coefficient (Wildman–Crippen LogP) is 1.33. The van der Waals surface area contributed by atoms with Gasteiger partial charge in [0.05, 0.1) is 12.6 Å². The summed E-state index contributed by atoms with van der Waals surface area (Å²) in [4.78, 5) is 2.34. The van der Waals surface area contributed by atoms with Crippen molar-refractivity contribution in [2.24, 2.45) is 5.92 Å². The van der Waals surface area contributed by atoms with Gasteiger partial charge in [0.15, 0.2) is 0 Å². The lowest BCUT2D eigenvalue weighted by Gasteiger charge is -2.32. The van der Waals surface area contributed by atoms with Crippen LogP contribution in [0.1, 0.15) is 13.3 Å². The summed E-state index contributed by atoms with van der Waals surface area (Å²) in [5.41, 5.74) is 1.27. The van der Waals surface area contributed by atoms with E-state index < -0.39 is 0 Å². The van der Waals surface area contributed by atoms with E-state index in [1.807, 2.05) is 0 Å². The van der Waals surface area contributed by atoms with Crippen molar-refractivity contribution in [2.75, 3.05) is 32.8 Å². The monoisotopic (exact) mass is 248 g/mol. The van der Waals surface area contributed by atoms with Gasteiger partial charge >= 0.3 is 0 Å². The molecule has 0 aromatic rings. The Kier molecular flexibility index (Phi) is 5.17. The van der Waals surface area contributed by atoms with Gasteiger partial charge in [0.2, 0.25) is 0 Å². The van der Waals surface area contributed by atoms with Gasteiger partial charge in [-0.1, -0.05) is 37.3 Å². The van der Waals surface area contributed by atoms with E-state index in [2.05, 4.69) is 47.5 Å². The second kappa shape index (κ2) is 6.88. The molecule has 2 atom stereocenters. The molecule has 0 spiro atoms. The number of hydrogen-bond donors (Lipinski definition) is 2. The van der Waals surface area contributed by atoms with Crippen LogP contribution in [-0.2, 0) is 0 Å². The molecule has 0 saturated carbocycles. The molecule has 100 valence electrons. The minimum atomic E-state index is 0.152. The lowest BCUT2D eigenvalue weighted by Crippen LogP contribution is -2.49. The van der Waals surface area contributed by atoms with Gasteiger partial charge in [0.25, 0.3) is 0 Å². The lowest BCUT2D eigenvalue weighted by molar-refractivity contribution is 0.138. The summed E-state index contributed by atoms with van der Waals surface area (Å²) in [5.74, 6) is 0.626. The molecule has 0 radical (unpaired) electrons. The fraction of sp³-hybridized carbons (Fsp3) is 0.600. The van der Waals surface area contributed by atoms with Crippen LogP contribution in [0.25, 0.3) is 0 Å². The third-order valence-corrected chi connectivity index (χ3v) is 3.61. The maximum absolute atomic E-state index is 9.51. The average molecular weight is 248 g/mol. The van der Waals surface area contributed by atoms with E-state index in [9.17, 15) is 5.11 Å². The molecular weight excluding hydrogens is 224 g/mol. The van der Waals surface area contributed by atoms with E-state index in [-0.39, 0.29) is 12.6 Å². The van der Waals surface area contributed by atoms with Gasteiger partial charge in [0, 0.05) is 26.2 Å². The minimum absolute atomic E-state index is 0.152. The molecule has 1 aliphatic heterocycles. The number of hydrogen-bond acceptors (Lipinski definition) is 3. The zero-order valence-electron chi connectivity index (χ0n) is 11.2. The van der Waals surface area contributed by atoms with E-state index in [1.54, 1.807) is 0 Å². The van der Waals surface area contributed by atoms with Crippen molar-refractivity contribution in [1.29, 1.82) is 0 Å². The van der Waals surface area contributed by atoms with Crippen LogP contribution >= 0.6 is 0 Å². The maximum Gasteiger partial charge on any atom is 0.0622 e. The van der Waals surface area contributed by atoms with Crippen LogP contribution in [0.15, 0.2) is 36.0 Å². The molecule has 18 heavy (non-hydrogen) atoms. The van der Waals surface area contributed by atoms with Crippen LogP contribution < -0.4 is 5.32 Å². The lowest BCUT2D eigenvalue weighted by atomic mass is 9.97. The Morgan fingerprint density at radius 1 is 1.50 bits per heavy atom. The predicted molar refractivity (Wildman–Crippen MR) is 75.5 cm³/mol. The first-order valence-corrected chi connectivity index (χ1v) is 6.92. The van der Waals surface area contributed by atoms with Gasteiger partial charge in [-0.2, -0.15) is 0 Å². The zero-order chi connectivity index (χ0) is 12.8. The minimum Gasteiger partial charge on any atom is -0.394 e. The molecule has 2 unspecified atom stereocenters. The fourth-order valence-electron chi connectivity index (χ4n) is 2.52. The van der Waals surface area contributed by atoms with Crippen molar-refractivity contribution in [2.45, 2.75) is 19.4 Å². The quantitative estimate of drug-likeness (QED) is 0.788. The van der Waals surface area contributed by atoms with E-state index >= 15 is 0 Å². The second-order valence-electron chi connectivity index (χ2n) is 5.18. The number of nitrogens with one attached hydrogen (secondary N) is 1. The number of allylic oxidation sites excluding steroid dienone is 5. The Morgan fingerprint density at radius 3 is 2.94 bits per heavy atom. The highest BCUT2D eigenvalue weighted by Crippen LogP contribution is 2.17. The molecule has 1 heterocycles. The molecule has 2 rings (SSSR count). The van der Waals surface area contributed by atoms with Gasteiger partial charge in [-0.3, -0.25) is 4.90 Å². The summed E-state index contributed by atoms with van der Waals surface area (Å²) in [6.07, 6.45) is 12.1. The number of piperazine rings is 1. The third kappa shape index (κ3) is 3.80. The molecule has 0 aromatic carbocycles. The SMILES string of the molecule is CC1C=C(/C=C/C(CO)N2CCNCC2)C=CC1. The number of aliphatic hydroxyl groups is 1. The number of nitrogens with zero attached hydrogens (tertiary/aromatic N) is 1. The van der Waals surface area contributed by atoms with E-state index in [0.717, 1.165) is 32.6 Å². The standard InChI is InChI=1S/C15H24N2O/c1-13-3-2-4-14(11-13)5-6-15(12-18)17-9-7-16-8-10-17/h2,4-6,11,13,15-16,18H,3,7-10,12H2,1H3/b6-5+.